The van der Waals surface area contributed by atoms with E-state index in [-0.39, 0.29) is 17.8 Å². The second kappa shape index (κ2) is 9.28. The van der Waals surface area contributed by atoms with Crippen LogP contribution in [-0.4, -0.2) is 64.9 Å². The van der Waals surface area contributed by atoms with Crippen molar-refractivity contribution in [1.82, 2.24) is 4.90 Å². The number of carbonyl (C=O) groups is 2. The van der Waals surface area contributed by atoms with Crippen LogP contribution in [0.2, 0.25) is 0 Å². The molecule has 1 amide bonds. The highest BCUT2D eigenvalue weighted by Gasteiger charge is 2.39. The second-order valence-electron chi connectivity index (χ2n) is 8.51. The third-order valence-electron chi connectivity index (χ3n) is 5.63. The third kappa shape index (κ3) is 5.81. The third-order valence-corrected chi connectivity index (χ3v) is 5.63. The zero-order chi connectivity index (χ0) is 21.8. The van der Waals surface area contributed by atoms with E-state index >= 15 is 0 Å². The summed E-state index contributed by atoms with van der Waals surface area (Å²) in [6.45, 7) is 9.58. The van der Waals surface area contributed by atoms with Crippen molar-refractivity contribution < 1.29 is 29.1 Å². The van der Waals surface area contributed by atoms with Crippen LogP contribution in [0.3, 0.4) is 0 Å². The Kier molecular flexibility index (Phi) is 7.48. The summed E-state index contributed by atoms with van der Waals surface area (Å²) in [6.07, 6.45) is 1.45. The quantitative estimate of drug-likeness (QED) is 0.525. The van der Waals surface area contributed by atoms with Crippen LogP contribution in [0, 0.1) is 5.92 Å². The molecule has 160 valence electrons. The fraction of sp³-hybridized carbons (Fsp3) is 0.619. The standard InChI is InChI=1S/C21H32BNO6/c1-6-28-19(25)16-10-8-12-23(14-16)18(24)15-9-7-11-17(13-15)22(27)29-21(4,5)20(2,3)26/h7,9,11,13,16,26-27H,6,8,10,12,14H2,1-5H3. The molecule has 0 aliphatic carbocycles. The number of likely N-dealkylation sites (tertiary alicyclic amines) is 1. The normalized spacial score (nSPS) is 17.8. The van der Waals surface area contributed by atoms with Gasteiger partial charge in [0.1, 0.15) is 0 Å². The van der Waals surface area contributed by atoms with E-state index in [1.54, 1.807) is 63.8 Å². The highest BCUT2D eigenvalue weighted by atomic mass is 16.5. The molecule has 7 nitrogen and oxygen atoms in total. The maximum absolute atomic E-state index is 13.0. The molecule has 1 heterocycles. The van der Waals surface area contributed by atoms with E-state index in [1.807, 2.05) is 0 Å². The highest BCUT2D eigenvalue weighted by Crippen LogP contribution is 2.25. The maximum atomic E-state index is 13.0. The Hall–Kier alpha value is -1.90. The van der Waals surface area contributed by atoms with Gasteiger partial charge >= 0.3 is 13.1 Å². The van der Waals surface area contributed by atoms with Gasteiger partial charge in [-0.1, -0.05) is 12.1 Å². The van der Waals surface area contributed by atoms with E-state index in [0.717, 1.165) is 6.42 Å². The lowest BCUT2D eigenvalue weighted by atomic mass is 9.76. The van der Waals surface area contributed by atoms with Crippen LogP contribution in [-0.2, 0) is 14.2 Å². The van der Waals surface area contributed by atoms with Crippen molar-refractivity contribution in [3.05, 3.63) is 29.8 Å². The first-order valence-corrected chi connectivity index (χ1v) is 10.1. The summed E-state index contributed by atoms with van der Waals surface area (Å²) in [4.78, 5) is 26.6. The van der Waals surface area contributed by atoms with Crippen molar-refractivity contribution >= 4 is 24.5 Å². The molecule has 0 radical (unpaired) electrons. The van der Waals surface area contributed by atoms with Crippen molar-refractivity contribution in [2.24, 2.45) is 5.92 Å². The van der Waals surface area contributed by atoms with Crippen LogP contribution in [0.4, 0.5) is 0 Å². The molecule has 0 bridgehead atoms. The number of piperidine rings is 1. The van der Waals surface area contributed by atoms with Gasteiger partial charge in [0.25, 0.3) is 5.91 Å². The number of esters is 1. The predicted octanol–water partition coefficient (Wildman–Crippen LogP) is 1.36. The lowest BCUT2D eigenvalue weighted by Crippen LogP contribution is -2.53. The minimum atomic E-state index is -1.29. The van der Waals surface area contributed by atoms with E-state index < -0.39 is 18.3 Å². The topological polar surface area (TPSA) is 96.3 Å². The van der Waals surface area contributed by atoms with Gasteiger partial charge in [-0.15, -0.1) is 0 Å². The van der Waals surface area contributed by atoms with Gasteiger partial charge in [0, 0.05) is 18.7 Å². The fourth-order valence-corrected chi connectivity index (χ4v) is 3.11. The van der Waals surface area contributed by atoms with Crippen molar-refractivity contribution in [3.8, 4) is 0 Å². The van der Waals surface area contributed by atoms with Crippen molar-refractivity contribution in [3.63, 3.8) is 0 Å². The molecule has 0 aromatic heterocycles. The minimum Gasteiger partial charge on any atom is -0.466 e. The summed E-state index contributed by atoms with van der Waals surface area (Å²) in [5, 5.41) is 20.7. The number of rotatable bonds is 7. The molecule has 1 aromatic rings. The molecule has 2 N–H and O–H groups in total. The summed E-state index contributed by atoms with van der Waals surface area (Å²) in [5.41, 5.74) is -1.34. The molecule has 0 saturated carbocycles. The van der Waals surface area contributed by atoms with Gasteiger partial charge in [-0.25, -0.2) is 0 Å². The van der Waals surface area contributed by atoms with Gasteiger partial charge in [0.15, 0.2) is 0 Å². The van der Waals surface area contributed by atoms with Gasteiger partial charge in [-0.2, -0.15) is 0 Å². The molecule has 8 heteroatoms. The number of nitrogens with zero attached hydrogens (tertiary/aromatic N) is 1. The van der Waals surface area contributed by atoms with Crippen molar-refractivity contribution in [1.29, 1.82) is 0 Å². The first-order valence-electron chi connectivity index (χ1n) is 10.1. The molecule has 1 aliphatic heterocycles. The first kappa shape index (κ1) is 23.4. The van der Waals surface area contributed by atoms with Gasteiger partial charge in [-0.05, 0) is 65.1 Å². The molecule has 1 saturated heterocycles. The number of ether oxygens (including phenoxy) is 1. The van der Waals surface area contributed by atoms with Crippen LogP contribution in [0.15, 0.2) is 24.3 Å². The summed E-state index contributed by atoms with van der Waals surface area (Å²) in [7, 11) is -1.29. The summed E-state index contributed by atoms with van der Waals surface area (Å²) in [5.74, 6) is -0.774. The monoisotopic (exact) mass is 405 g/mol. The summed E-state index contributed by atoms with van der Waals surface area (Å²) in [6, 6.07) is 6.60. The molecule has 0 spiro atoms. The average molecular weight is 405 g/mol. The zero-order valence-electron chi connectivity index (χ0n) is 18.0. The summed E-state index contributed by atoms with van der Waals surface area (Å²) < 4.78 is 10.8. The lowest BCUT2D eigenvalue weighted by Gasteiger charge is -2.38. The average Bonchev–Trinajstić information content (AvgIpc) is 2.66. The Balaban J connectivity index is 2.12. The van der Waals surface area contributed by atoms with Crippen molar-refractivity contribution in [2.45, 2.75) is 58.7 Å². The smallest absolute Gasteiger partial charge is 0.466 e. The predicted molar refractivity (Wildman–Crippen MR) is 111 cm³/mol. The SMILES string of the molecule is CCOC(=O)C1CCCN(C(=O)c2cccc(B(O)OC(C)(C)C(C)(C)O)c2)C1. The van der Waals surface area contributed by atoms with Crippen molar-refractivity contribution in [2.75, 3.05) is 19.7 Å². The number of benzene rings is 1. The molecule has 1 aliphatic rings. The number of hydrogen-bond donors (Lipinski definition) is 2. The Bertz CT molecular complexity index is 730. The van der Waals surface area contributed by atoms with Crippen LogP contribution < -0.4 is 5.46 Å². The van der Waals surface area contributed by atoms with Gasteiger partial charge < -0.3 is 24.4 Å². The Morgan fingerprint density at radius 2 is 1.97 bits per heavy atom. The molecular weight excluding hydrogens is 373 g/mol. The number of hydrogen-bond acceptors (Lipinski definition) is 6. The van der Waals surface area contributed by atoms with E-state index in [0.29, 0.717) is 37.1 Å². The second-order valence-corrected chi connectivity index (χ2v) is 8.51. The van der Waals surface area contributed by atoms with Gasteiger partial charge in [0.2, 0.25) is 0 Å². The van der Waals surface area contributed by atoms with E-state index in [4.69, 9.17) is 9.39 Å². The lowest BCUT2D eigenvalue weighted by molar-refractivity contribution is -0.149. The molecule has 1 aromatic carbocycles. The number of carbonyl (C=O) groups excluding carboxylic acids is 2. The van der Waals surface area contributed by atoms with Crippen LogP contribution in [0.25, 0.3) is 0 Å². The molecule has 1 unspecified atom stereocenters. The Labute approximate surface area is 173 Å². The minimum absolute atomic E-state index is 0.199. The Morgan fingerprint density at radius 1 is 1.28 bits per heavy atom. The van der Waals surface area contributed by atoms with Gasteiger partial charge in [-0.3, -0.25) is 9.59 Å². The van der Waals surface area contributed by atoms with Crippen LogP contribution in [0.1, 0.15) is 57.8 Å². The van der Waals surface area contributed by atoms with Gasteiger partial charge in [0.05, 0.1) is 23.7 Å². The zero-order valence-corrected chi connectivity index (χ0v) is 18.0. The molecule has 2 rings (SSSR count). The van der Waals surface area contributed by atoms with E-state index in [1.165, 1.54) is 0 Å². The van der Waals surface area contributed by atoms with Crippen LogP contribution in [0.5, 0.6) is 0 Å². The number of amides is 1. The molecular formula is C21H32BNO6. The highest BCUT2D eigenvalue weighted by molar-refractivity contribution is 6.60. The maximum Gasteiger partial charge on any atom is 0.491 e. The summed E-state index contributed by atoms with van der Waals surface area (Å²) >= 11 is 0. The Morgan fingerprint density at radius 3 is 2.59 bits per heavy atom. The molecule has 1 fully saturated rings. The number of aliphatic hydroxyl groups is 1. The van der Waals surface area contributed by atoms with Crippen LogP contribution >= 0.6 is 0 Å². The van der Waals surface area contributed by atoms with E-state index in [2.05, 4.69) is 0 Å². The fourth-order valence-electron chi connectivity index (χ4n) is 3.11. The first-order chi connectivity index (χ1) is 13.5. The largest absolute Gasteiger partial charge is 0.491 e. The molecule has 29 heavy (non-hydrogen) atoms. The molecule has 1 atom stereocenters. The van der Waals surface area contributed by atoms with E-state index in [9.17, 15) is 19.7 Å².